The van der Waals surface area contributed by atoms with Crippen LogP contribution in [0, 0.1) is 34.5 Å². The highest BCUT2D eigenvalue weighted by molar-refractivity contribution is 8.01. The second-order valence-corrected chi connectivity index (χ2v) is 17.8. The minimum Gasteiger partial charge on any atom is -0.461 e. The first kappa shape index (κ1) is 33.4. The standard InChI is InChI=1S/C38H47NO10S/c1-21-16-37(39-30(40)19-50-37)38(44)33(47-21)48-28-15-24-8-9-27-26(10-12-34(2)25(11-13-36(27,34)43)23-14-31(41)45-18-23)35(24,17-29(28)49-38)20-46-32(42)22-6-4-3-5-7-22/h3-7,14,21,24-29,33,43-44H,8-13,15-20H2,1-2H3,(H,39,40)/t21-,24+,25-,26+,27-,28-,29-,33+,34-,35-,36+,37+,38-/m1/s1. The van der Waals surface area contributed by atoms with Gasteiger partial charge in [0.05, 0.1) is 41.8 Å². The largest absolute Gasteiger partial charge is 0.461 e. The third kappa shape index (κ3) is 4.63. The first-order valence-corrected chi connectivity index (χ1v) is 19.4. The highest BCUT2D eigenvalue weighted by Gasteiger charge is 2.73. The summed E-state index contributed by atoms with van der Waals surface area (Å²) in [4.78, 5) is 37.1. The fourth-order valence-corrected chi connectivity index (χ4v) is 13.4. The Balaban J connectivity index is 1.06. The first-order valence-electron chi connectivity index (χ1n) is 18.4. The van der Waals surface area contributed by atoms with Crippen LogP contribution in [0.5, 0.6) is 0 Å². The smallest absolute Gasteiger partial charge is 0.338 e. The number of cyclic esters (lactones) is 1. The first-order chi connectivity index (χ1) is 23.9. The van der Waals surface area contributed by atoms with Crippen molar-refractivity contribution in [1.29, 1.82) is 0 Å². The molecule has 4 saturated carbocycles. The van der Waals surface area contributed by atoms with E-state index in [-0.39, 0.29) is 72.7 Å². The normalized spacial score (nSPS) is 49.1. The Kier molecular flexibility index (Phi) is 7.68. The van der Waals surface area contributed by atoms with E-state index in [9.17, 15) is 24.6 Å². The van der Waals surface area contributed by atoms with Crippen molar-refractivity contribution in [3.8, 4) is 0 Å². The van der Waals surface area contributed by atoms with Gasteiger partial charge < -0.3 is 39.2 Å². The zero-order valence-corrected chi connectivity index (χ0v) is 29.5. The van der Waals surface area contributed by atoms with Crippen molar-refractivity contribution in [2.24, 2.45) is 34.5 Å². The van der Waals surface area contributed by atoms with Gasteiger partial charge in [0, 0.05) is 23.3 Å². The van der Waals surface area contributed by atoms with Gasteiger partial charge in [0.1, 0.15) is 11.5 Å². The minimum absolute atomic E-state index is 0.0196. The molecule has 1 aromatic rings. The lowest BCUT2D eigenvalue weighted by atomic mass is 9.42. The lowest BCUT2D eigenvalue weighted by Gasteiger charge is -2.66. The van der Waals surface area contributed by atoms with Crippen LogP contribution < -0.4 is 5.32 Å². The van der Waals surface area contributed by atoms with Gasteiger partial charge in [0.2, 0.25) is 12.2 Å². The number of esters is 2. The van der Waals surface area contributed by atoms with E-state index in [1.54, 1.807) is 18.2 Å². The molecule has 4 aliphatic carbocycles. The third-order valence-electron chi connectivity index (χ3n) is 14.4. The van der Waals surface area contributed by atoms with E-state index < -0.39 is 39.5 Å². The molecule has 0 aromatic heterocycles. The molecule has 12 heteroatoms. The maximum atomic E-state index is 13.5. The quantitative estimate of drug-likeness (QED) is 0.309. The predicted molar refractivity (Wildman–Crippen MR) is 179 cm³/mol. The number of benzene rings is 1. The van der Waals surface area contributed by atoms with E-state index in [1.807, 2.05) is 25.1 Å². The number of carbonyl (C=O) groups excluding carboxylic acids is 3. The Labute approximate surface area is 296 Å². The molecule has 8 aliphatic rings. The zero-order valence-electron chi connectivity index (χ0n) is 28.6. The molecule has 0 unspecified atom stereocenters. The molecule has 270 valence electrons. The molecular formula is C38H47NO10S. The van der Waals surface area contributed by atoms with E-state index in [4.69, 9.17) is 23.7 Å². The van der Waals surface area contributed by atoms with Crippen molar-refractivity contribution in [3.05, 3.63) is 47.5 Å². The minimum atomic E-state index is -1.92. The molecule has 7 fully saturated rings. The van der Waals surface area contributed by atoms with Crippen LogP contribution >= 0.6 is 11.8 Å². The Bertz CT molecular complexity index is 1620. The SMILES string of the molecule is C[C@@H]1C[C@@]2(NC(=O)CS2)[C@]2(O)O[C@@H]3C[C@@]4(COC(=O)c5ccccc5)[C@@H](CC[C@@H]5[C@@H]4CC[C@]4(C)[C@@H](C6=CC(=O)OC6)CC[C@]54O)C[C@H]3O[C@@H]2O1. The van der Waals surface area contributed by atoms with E-state index in [0.717, 1.165) is 37.7 Å². The summed E-state index contributed by atoms with van der Waals surface area (Å²) >= 11 is 1.34. The monoisotopic (exact) mass is 709 g/mol. The van der Waals surface area contributed by atoms with Gasteiger partial charge in [0.15, 0.2) is 0 Å². The van der Waals surface area contributed by atoms with Gasteiger partial charge in [-0.1, -0.05) is 25.1 Å². The number of hydrogen-bond donors (Lipinski definition) is 3. The Morgan fingerprint density at radius 1 is 1.02 bits per heavy atom. The Morgan fingerprint density at radius 3 is 2.58 bits per heavy atom. The summed E-state index contributed by atoms with van der Waals surface area (Å²) in [5, 5.41) is 28.3. The number of carbonyl (C=O) groups is 3. The fraction of sp³-hybridized carbons (Fsp3) is 0.711. The second kappa shape index (κ2) is 11.5. The number of nitrogens with one attached hydrogen (secondary N) is 1. The van der Waals surface area contributed by atoms with Crippen molar-refractivity contribution in [1.82, 2.24) is 5.32 Å². The highest BCUT2D eigenvalue weighted by atomic mass is 32.2. The molecule has 1 spiro atoms. The summed E-state index contributed by atoms with van der Waals surface area (Å²) < 4.78 is 31.2. The maximum Gasteiger partial charge on any atom is 0.338 e. The number of ether oxygens (including phenoxy) is 5. The van der Waals surface area contributed by atoms with Crippen LogP contribution in [0.2, 0.25) is 0 Å². The molecule has 0 bridgehead atoms. The average molecular weight is 710 g/mol. The molecule has 11 nitrogen and oxygen atoms in total. The summed E-state index contributed by atoms with van der Waals surface area (Å²) in [6.45, 7) is 4.56. The number of fused-ring (bicyclic) bond motifs is 8. The van der Waals surface area contributed by atoms with Gasteiger partial charge in [-0.05, 0) is 99.7 Å². The van der Waals surface area contributed by atoms with Crippen LogP contribution in [-0.2, 0) is 33.3 Å². The molecular weight excluding hydrogens is 662 g/mol. The molecule has 0 radical (unpaired) electrons. The molecule has 3 saturated heterocycles. The van der Waals surface area contributed by atoms with E-state index >= 15 is 0 Å². The molecule has 13 atom stereocenters. The van der Waals surface area contributed by atoms with Crippen LogP contribution in [0.1, 0.15) is 82.0 Å². The van der Waals surface area contributed by atoms with Crippen LogP contribution in [0.15, 0.2) is 42.0 Å². The molecule has 3 N–H and O–H groups in total. The van der Waals surface area contributed by atoms with Crippen molar-refractivity contribution in [2.45, 2.75) is 112 Å². The van der Waals surface area contributed by atoms with Crippen LogP contribution in [0.3, 0.4) is 0 Å². The van der Waals surface area contributed by atoms with Crippen molar-refractivity contribution in [2.75, 3.05) is 19.0 Å². The highest BCUT2D eigenvalue weighted by Crippen LogP contribution is 2.71. The van der Waals surface area contributed by atoms with E-state index in [2.05, 4.69) is 12.2 Å². The number of amides is 1. The zero-order chi connectivity index (χ0) is 34.7. The van der Waals surface area contributed by atoms with Gasteiger partial charge in [-0.2, -0.15) is 0 Å². The summed E-state index contributed by atoms with van der Waals surface area (Å²) in [5.41, 5.74) is -0.481. The average Bonchev–Trinajstić information content (AvgIpc) is 3.77. The summed E-state index contributed by atoms with van der Waals surface area (Å²) in [5.74, 6) is -2.43. The van der Waals surface area contributed by atoms with Gasteiger partial charge in [-0.3, -0.25) is 4.79 Å². The van der Waals surface area contributed by atoms with Crippen molar-refractivity contribution >= 4 is 29.6 Å². The number of thioether (sulfide) groups is 1. The third-order valence-corrected chi connectivity index (χ3v) is 15.9. The number of aliphatic hydroxyl groups is 2. The van der Waals surface area contributed by atoms with Crippen molar-refractivity contribution in [3.63, 3.8) is 0 Å². The molecule has 1 aromatic carbocycles. The molecule has 4 aliphatic heterocycles. The topological polar surface area (TPSA) is 150 Å². The Morgan fingerprint density at radius 2 is 1.84 bits per heavy atom. The van der Waals surface area contributed by atoms with Crippen LogP contribution in [-0.4, -0.2) is 87.9 Å². The number of rotatable bonds is 4. The van der Waals surface area contributed by atoms with Crippen LogP contribution in [0.4, 0.5) is 0 Å². The second-order valence-electron chi connectivity index (χ2n) is 16.6. The summed E-state index contributed by atoms with van der Waals surface area (Å²) in [6.07, 6.45) is 5.52. The molecule has 9 rings (SSSR count). The predicted octanol–water partition coefficient (Wildman–Crippen LogP) is 3.86. The van der Waals surface area contributed by atoms with E-state index in [0.29, 0.717) is 31.2 Å². The van der Waals surface area contributed by atoms with Crippen molar-refractivity contribution < 1.29 is 48.3 Å². The molecule has 4 heterocycles. The van der Waals surface area contributed by atoms with Crippen LogP contribution in [0.25, 0.3) is 0 Å². The number of hydrogen-bond acceptors (Lipinski definition) is 11. The van der Waals surface area contributed by atoms with Gasteiger partial charge in [-0.25, -0.2) is 9.59 Å². The summed E-state index contributed by atoms with van der Waals surface area (Å²) in [7, 11) is 0. The van der Waals surface area contributed by atoms with Gasteiger partial charge >= 0.3 is 11.9 Å². The lowest BCUT2D eigenvalue weighted by Crippen LogP contribution is -2.76. The Hall–Kier alpha value is -2.48. The van der Waals surface area contributed by atoms with Gasteiger partial charge in [-0.15, -0.1) is 11.8 Å². The van der Waals surface area contributed by atoms with Gasteiger partial charge in [0.25, 0.3) is 5.79 Å². The molecule has 50 heavy (non-hydrogen) atoms. The van der Waals surface area contributed by atoms with E-state index in [1.165, 1.54) is 11.8 Å². The molecule has 1 amide bonds. The summed E-state index contributed by atoms with van der Waals surface area (Å²) in [6, 6.07) is 9.01. The fourth-order valence-electron chi connectivity index (χ4n) is 12.1. The maximum absolute atomic E-state index is 13.5. The lowest BCUT2D eigenvalue weighted by molar-refractivity contribution is -0.449.